The third kappa shape index (κ3) is 4.13. The standard InChI is InChI=1S/C28H28N2O2/c1-28(2)16-24-26(25(31)17-28)27(30-23-11-7-6-10-22(23)29-24)20-12-14-21(15-13-20)32-18-19-8-4-3-5-9-19/h3-16,26-27,29-30H,17-18H2,1-2H3/t26-,27-/m0/s1. The van der Waals surface area contributed by atoms with E-state index in [1.807, 2.05) is 42.5 Å². The van der Waals surface area contributed by atoms with Gasteiger partial charge in [0.1, 0.15) is 18.1 Å². The highest BCUT2D eigenvalue weighted by molar-refractivity contribution is 5.90. The fraction of sp³-hybridized carbons (Fsp3) is 0.250. The lowest BCUT2D eigenvalue weighted by Crippen LogP contribution is -2.36. The number of anilines is 2. The molecular formula is C28H28N2O2. The summed E-state index contributed by atoms with van der Waals surface area (Å²) >= 11 is 0. The van der Waals surface area contributed by atoms with Crippen molar-refractivity contribution in [2.24, 2.45) is 11.3 Å². The number of hydrogen-bond donors (Lipinski definition) is 2. The van der Waals surface area contributed by atoms with E-state index < -0.39 is 0 Å². The lowest BCUT2D eigenvalue weighted by Gasteiger charge is -2.35. The molecule has 32 heavy (non-hydrogen) atoms. The monoisotopic (exact) mass is 424 g/mol. The number of allylic oxidation sites excluding steroid dienone is 1. The molecule has 162 valence electrons. The molecule has 2 N–H and O–H groups in total. The molecule has 0 spiro atoms. The van der Waals surface area contributed by atoms with Crippen molar-refractivity contribution < 1.29 is 9.53 Å². The van der Waals surface area contributed by atoms with Crippen LogP contribution in [0.25, 0.3) is 0 Å². The topological polar surface area (TPSA) is 50.4 Å². The van der Waals surface area contributed by atoms with Crippen LogP contribution in [0.2, 0.25) is 0 Å². The first-order valence-electron chi connectivity index (χ1n) is 11.1. The van der Waals surface area contributed by atoms with Crippen molar-refractivity contribution in [3.63, 3.8) is 0 Å². The van der Waals surface area contributed by atoms with Crippen LogP contribution in [0.4, 0.5) is 11.4 Å². The third-order valence-electron chi connectivity index (χ3n) is 6.20. The van der Waals surface area contributed by atoms with E-state index in [-0.39, 0.29) is 23.2 Å². The van der Waals surface area contributed by atoms with Gasteiger partial charge in [0.05, 0.1) is 23.3 Å². The molecule has 0 aromatic heterocycles. The van der Waals surface area contributed by atoms with Gasteiger partial charge in [-0.15, -0.1) is 0 Å². The number of rotatable bonds is 4. The molecule has 0 fully saturated rings. The van der Waals surface area contributed by atoms with Crippen LogP contribution in [0, 0.1) is 11.3 Å². The Hall–Kier alpha value is -3.53. The zero-order valence-corrected chi connectivity index (χ0v) is 18.5. The van der Waals surface area contributed by atoms with Crippen molar-refractivity contribution in [2.75, 3.05) is 10.6 Å². The van der Waals surface area contributed by atoms with Crippen LogP contribution in [0.5, 0.6) is 5.75 Å². The minimum atomic E-state index is -0.258. The molecule has 0 amide bonds. The maximum absolute atomic E-state index is 13.3. The van der Waals surface area contributed by atoms with E-state index in [1.165, 1.54) is 0 Å². The Kier molecular flexibility index (Phi) is 5.22. The van der Waals surface area contributed by atoms with Crippen LogP contribution < -0.4 is 15.4 Å². The zero-order chi connectivity index (χ0) is 22.1. The Balaban J connectivity index is 1.45. The van der Waals surface area contributed by atoms with Gasteiger partial charge in [0, 0.05) is 12.1 Å². The number of ether oxygens (including phenoxy) is 1. The van der Waals surface area contributed by atoms with Crippen molar-refractivity contribution in [3.05, 3.63) is 102 Å². The third-order valence-corrected chi connectivity index (χ3v) is 6.20. The fourth-order valence-corrected chi connectivity index (χ4v) is 4.69. The molecule has 5 rings (SSSR count). The maximum Gasteiger partial charge on any atom is 0.145 e. The number of carbonyl (C=O) groups is 1. The minimum absolute atomic E-state index is 0.149. The molecule has 2 atom stereocenters. The smallest absolute Gasteiger partial charge is 0.145 e. The van der Waals surface area contributed by atoms with Crippen LogP contribution in [0.15, 0.2) is 90.6 Å². The number of benzene rings is 3. The van der Waals surface area contributed by atoms with E-state index in [0.717, 1.165) is 33.9 Å². The predicted molar refractivity (Wildman–Crippen MR) is 129 cm³/mol. The number of Topliss-reactive ketones (excluding diaryl/α,β-unsaturated/α-hetero) is 1. The lowest BCUT2D eigenvalue weighted by molar-refractivity contribution is -0.124. The van der Waals surface area contributed by atoms with E-state index >= 15 is 0 Å². The zero-order valence-electron chi connectivity index (χ0n) is 18.5. The number of hydrogen-bond acceptors (Lipinski definition) is 4. The molecule has 1 heterocycles. The second-order valence-electron chi connectivity index (χ2n) is 9.34. The van der Waals surface area contributed by atoms with Gasteiger partial charge in [-0.3, -0.25) is 4.79 Å². The quantitative estimate of drug-likeness (QED) is 0.513. The normalized spacial score (nSPS) is 21.2. The van der Waals surface area contributed by atoms with E-state index in [2.05, 4.69) is 67.0 Å². The Morgan fingerprint density at radius 3 is 2.34 bits per heavy atom. The Labute approximate surface area is 189 Å². The first-order valence-corrected chi connectivity index (χ1v) is 11.1. The van der Waals surface area contributed by atoms with Gasteiger partial charge in [-0.2, -0.15) is 0 Å². The second-order valence-corrected chi connectivity index (χ2v) is 9.34. The first kappa shape index (κ1) is 20.4. The molecule has 0 radical (unpaired) electrons. The van der Waals surface area contributed by atoms with Crippen LogP contribution in [0.3, 0.4) is 0 Å². The number of ketones is 1. The van der Waals surface area contributed by atoms with Gasteiger partial charge >= 0.3 is 0 Å². The van der Waals surface area contributed by atoms with E-state index in [4.69, 9.17) is 4.74 Å². The molecule has 0 bridgehead atoms. The summed E-state index contributed by atoms with van der Waals surface area (Å²) in [5.41, 5.74) is 5.03. The first-order chi connectivity index (χ1) is 15.5. The summed E-state index contributed by atoms with van der Waals surface area (Å²) in [6.07, 6.45) is 2.77. The van der Waals surface area contributed by atoms with Gasteiger partial charge in [-0.25, -0.2) is 0 Å². The van der Waals surface area contributed by atoms with Crippen LogP contribution in [-0.4, -0.2) is 5.78 Å². The summed E-state index contributed by atoms with van der Waals surface area (Å²) in [6, 6.07) is 26.2. The molecule has 2 aliphatic rings. The van der Waals surface area contributed by atoms with Gasteiger partial charge in [0.2, 0.25) is 0 Å². The SMILES string of the molecule is CC1(C)C=C2Nc3ccccc3N[C@@H](c3ccc(OCc4ccccc4)cc3)[C@@H]2C(=O)C1. The van der Waals surface area contributed by atoms with Crippen molar-refractivity contribution in [1.29, 1.82) is 0 Å². The van der Waals surface area contributed by atoms with E-state index in [1.54, 1.807) is 0 Å². The average Bonchev–Trinajstić information content (AvgIpc) is 2.94. The van der Waals surface area contributed by atoms with Crippen molar-refractivity contribution in [1.82, 2.24) is 0 Å². The predicted octanol–water partition coefficient (Wildman–Crippen LogP) is 6.34. The van der Waals surface area contributed by atoms with Crippen LogP contribution in [-0.2, 0) is 11.4 Å². The average molecular weight is 425 g/mol. The molecule has 3 aromatic rings. The fourth-order valence-electron chi connectivity index (χ4n) is 4.69. The molecule has 0 unspecified atom stereocenters. The van der Waals surface area contributed by atoms with Crippen molar-refractivity contribution in [2.45, 2.75) is 32.9 Å². The minimum Gasteiger partial charge on any atom is -0.489 e. The van der Waals surface area contributed by atoms with E-state index in [0.29, 0.717) is 13.0 Å². The summed E-state index contributed by atoms with van der Waals surface area (Å²) in [6.45, 7) is 4.77. The molecule has 0 saturated heterocycles. The van der Waals surface area contributed by atoms with Crippen LogP contribution >= 0.6 is 0 Å². The van der Waals surface area contributed by atoms with Gasteiger partial charge in [0.15, 0.2) is 0 Å². The van der Waals surface area contributed by atoms with Crippen molar-refractivity contribution in [3.8, 4) is 5.75 Å². The maximum atomic E-state index is 13.3. The molecule has 3 aromatic carbocycles. The number of carbonyl (C=O) groups excluding carboxylic acids is 1. The summed E-state index contributed by atoms with van der Waals surface area (Å²) in [7, 11) is 0. The van der Waals surface area contributed by atoms with Gasteiger partial charge in [-0.05, 0) is 40.8 Å². The van der Waals surface area contributed by atoms with Crippen LogP contribution in [0.1, 0.15) is 37.4 Å². The molecule has 0 saturated carbocycles. The summed E-state index contributed by atoms with van der Waals surface area (Å²) < 4.78 is 5.96. The highest BCUT2D eigenvalue weighted by Gasteiger charge is 2.41. The molecule has 1 aliphatic heterocycles. The van der Waals surface area contributed by atoms with Gasteiger partial charge < -0.3 is 15.4 Å². The van der Waals surface area contributed by atoms with Gasteiger partial charge in [0.25, 0.3) is 0 Å². The Morgan fingerprint density at radius 2 is 1.59 bits per heavy atom. The molecular weight excluding hydrogens is 396 g/mol. The second kappa shape index (κ2) is 8.19. The highest BCUT2D eigenvalue weighted by atomic mass is 16.5. The number of para-hydroxylation sites is 2. The largest absolute Gasteiger partial charge is 0.489 e. The molecule has 4 nitrogen and oxygen atoms in total. The number of nitrogens with one attached hydrogen (secondary N) is 2. The van der Waals surface area contributed by atoms with Crippen molar-refractivity contribution >= 4 is 17.2 Å². The van der Waals surface area contributed by atoms with E-state index in [9.17, 15) is 4.79 Å². The number of fused-ring (bicyclic) bond motifs is 2. The lowest BCUT2D eigenvalue weighted by atomic mass is 9.72. The Morgan fingerprint density at radius 1 is 0.906 bits per heavy atom. The molecule has 4 heteroatoms. The molecule has 1 aliphatic carbocycles. The summed E-state index contributed by atoms with van der Waals surface area (Å²) in [4.78, 5) is 13.3. The Bertz CT molecular complexity index is 1150. The summed E-state index contributed by atoms with van der Waals surface area (Å²) in [5, 5.41) is 7.20. The summed E-state index contributed by atoms with van der Waals surface area (Å²) in [5.74, 6) is 0.817. The van der Waals surface area contributed by atoms with Gasteiger partial charge in [-0.1, -0.05) is 74.5 Å². The highest BCUT2D eigenvalue weighted by Crippen LogP contribution is 2.45.